The minimum absolute atomic E-state index is 0.469. The Hall–Kier alpha value is -2.09. The molecule has 142 valence electrons. The predicted molar refractivity (Wildman–Crippen MR) is 99.6 cm³/mol. The van der Waals surface area contributed by atoms with Gasteiger partial charge >= 0.3 is 6.18 Å². The van der Waals surface area contributed by atoms with E-state index in [9.17, 15) is 13.2 Å². The Kier molecular flexibility index (Phi) is 6.63. The normalized spacial score (nSPS) is 12.3. The Morgan fingerprint density at radius 3 is 2.38 bits per heavy atom. The molecule has 2 aromatic rings. The van der Waals surface area contributed by atoms with Crippen LogP contribution < -0.4 is 5.32 Å². The van der Waals surface area contributed by atoms with E-state index >= 15 is 0 Å². The summed E-state index contributed by atoms with van der Waals surface area (Å²) >= 11 is 1.69. The molecule has 0 spiro atoms. The van der Waals surface area contributed by atoms with E-state index in [2.05, 4.69) is 15.3 Å². The van der Waals surface area contributed by atoms with Gasteiger partial charge in [0.1, 0.15) is 0 Å². The molecule has 0 aliphatic carbocycles. The molecule has 4 nitrogen and oxygen atoms in total. The third kappa shape index (κ3) is 5.45. The SMILES string of the molecule is CN=C(NCCc1sc(C)nc1C)N(C)Cc1ccc(C(F)(F)F)cc1. The van der Waals surface area contributed by atoms with E-state index in [1.54, 1.807) is 18.4 Å². The molecule has 1 heterocycles. The average Bonchev–Trinajstić information content (AvgIpc) is 2.88. The monoisotopic (exact) mass is 384 g/mol. The van der Waals surface area contributed by atoms with Crippen LogP contribution in [0, 0.1) is 13.8 Å². The number of halogens is 3. The first kappa shape index (κ1) is 20.2. The lowest BCUT2D eigenvalue weighted by Gasteiger charge is -2.22. The van der Waals surface area contributed by atoms with E-state index in [1.165, 1.54) is 17.0 Å². The number of alkyl halides is 3. The van der Waals surface area contributed by atoms with Crippen molar-refractivity contribution in [2.75, 3.05) is 20.6 Å². The van der Waals surface area contributed by atoms with Crippen LogP contribution >= 0.6 is 11.3 Å². The first-order valence-electron chi connectivity index (χ1n) is 8.21. The van der Waals surface area contributed by atoms with Crippen LogP contribution in [0.5, 0.6) is 0 Å². The molecular formula is C18H23F3N4S. The number of nitrogens with one attached hydrogen (secondary N) is 1. The summed E-state index contributed by atoms with van der Waals surface area (Å²) in [5.41, 5.74) is 1.21. The van der Waals surface area contributed by atoms with Crippen LogP contribution in [-0.4, -0.2) is 36.5 Å². The third-order valence-corrected chi connectivity index (χ3v) is 5.04. The fourth-order valence-electron chi connectivity index (χ4n) is 2.63. The van der Waals surface area contributed by atoms with Gasteiger partial charge in [0.2, 0.25) is 0 Å². The summed E-state index contributed by atoms with van der Waals surface area (Å²) in [5, 5.41) is 4.34. The summed E-state index contributed by atoms with van der Waals surface area (Å²) < 4.78 is 37.9. The third-order valence-electron chi connectivity index (χ3n) is 3.91. The summed E-state index contributed by atoms with van der Waals surface area (Å²) in [6.07, 6.45) is -3.46. The lowest BCUT2D eigenvalue weighted by molar-refractivity contribution is -0.137. The molecule has 8 heteroatoms. The zero-order valence-corrected chi connectivity index (χ0v) is 16.1. The maximum Gasteiger partial charge on any atom is 0.416 e. The van der Waals surface area contributed by atoms with Crippen LogP contribution in [0.15, 0.2) is 29.3 Å². The zero-order chi connectivity index (χ0) is 19.3. The van der Waals surface area contributed by atoms with Gasteiger partial charge in [0.25, 0.3) is 0 Å². The second-order valence-electron chi connectivity index (χ2n) is 6.02. The minimum atomic E-state index is -4.31. The highest BCUT2D eigenvalue weighted by Crippen LogP contribution is 2.29. The summed E-state index contributed by atoms with van der Waals surface area (Å²) in [4.78, 5) is 11.8. The fraction of sp³-hybridized carbons (Fsp3) is 0.444. The Bertz CT molecular complexity index is 751. The van der Waals surface area contributed by atoms with Crippen molar-refractivity contribution in [1.29, 1.82) is 0 Å². The van der Waals surface area contributed by atoms with Crippen LogP contribution in [-0.2, 0) is 19.1 Å². The largest absolute Gasteiger partial charge is 0.416 e. The molecule has 0 radical (unpaired) electrons. The minimum Gasteiger partial charge on any atom is -0.356 e. The molecule has 26 heavy (non-hydrogen) atoms. The van der Waals surface area contributed by atoms with E-state index < -0.39 is 11.7 Å². The van der Waals surface area contributed by atoms with Crippen LogP contribution in [0.25, 0.3) is 0 Å². The van der Waals surface area contributed by atoms with Gasteiger partial charge in [0, 0.05) is 38.5 Å². The van der Waals surface area contributed by atoms with Crippen molar-refractivity contribution in [1.82, 2.24) is 15.2 Å². The molecule has 0 saturated carbocycles. The number of benzene rings is 1. The highest BCUT2D eigenvalue weighted by atomic mass is 32.1. The van der Waals surface area contributed by atoms with Gasteiger partial charge in [-0.25, -0.2) is 4.98 Å². The van der Waals surface area contributed by atoms with Crippen molar-refractivity contribution in [3.05, 3.63) is 51.0 Å². The van der Waals surface area contributed by atoms with E-state index in [4.69, 9.17) is 0 Å². The Labute approximate surface area is 155 Å². The summed E-state index contributed by atoms with van der Waals surface area (Å²) in [6, 6.07) is 5.20. The van der Waals surface area contributed by atoms with Gasteiger partial charge in [0.05, 0.1) is 16.3 Å². The van der Waals surface area contributed by atoms with Gasteiger partial charge < -0.3 is 10.2 Å². The van der Waals surface area contributed by atoms with Gasteiger partial charge in [-0.3, -0.25) is 4.99 Å². The lowest BCUT2D eigenvalue weighted by atomic mass is 10.1. The van der Waals surface area contributed by atoms with Crippen LogP contribution in [0.4, 0.5) is 13.2 Å². The molecule has 0 unspecified atom stereocenters. The highest BCUT2D eigenvalue weighted by Gasteiger charge is 2.29. The smallest absolute Gasteiger partial charge is 0.356 e. The molecule has 2 rings (SSSR count). The molecule has 0 saturated heterocycles. The Morgan fingerprint density at radius 2 is 1.88 bits per heavy atom. The molecular weight excluding hydrogens is 361 g/mol. The molecule has 0 aliphatic rings. The van der Waals surface area contributed by atoms with Crippen molar-refractivity contribution >= 4 is 17.3 Å². The Balaban J connectivity index is 1.90. The van der Waals surface area contributed by atoms with Gasteiger partial charge in [-0.15, -0.1) is 11.3 Å². The van der Waals surface area contributed by atoms with Crippen molar-refractivity contribution < 1.29 is 13.2 Å². The van der Waals surface area contributed by atoms with Gasteiger partial charge in [-0.2, -0.15) is 13.2 Å². The standard InChI is InChI=1S/C18H23F3N4S/c1-12-16(26-13(2)24-12)9-10-23-17(22-3)25(4)11-14-5-7-15(8-6-14)18(19,20)21/h5-8H,9-11H2,1-4H3,(H,22,23). The van der Waals surface area contributed by atoms with E-state index in [0.29, 0.717) is 19.0 Å². The molecule has 0 fully saturated rings. The van der Waals surface area contributed by atoms with Crippen molar-refractivity contribution in [2.24, 2.45) is 4.99 Å². The number of aryl methyl sites for hydroxylation is 2. The molecule has 1 aromatic heterocycles. The van der Waals surface area contributed by atoms with Gasteiger partial charge in [-0.05, 0) is 31.5 Å². The number of hydrogen-bond donors (Lipinski definition) is 1. The van der Waals surface area contributed by atoms with Gasteiger partial charge in [-0.1, -0.05) is 12.1 Å². The maximum absolute atomic E-state index is 12.6. The summed E-state index contributed by atoms with van der Waals surface area (Å²) in [7, 11) is 3.54. The molecule has 1 N–H and O–H groups in total. The number of thiazole rings is 1. The van der Waals surface area contributed by atoms with E-state index in [0.717, 1.165) is 34.8 Å². The topological polar surface area (TPSA) is 40.5 Å². The maximum atomic E-state index is 12.6. The lowest BCUT2D eigenvalue weighted by Crippen LogP contribution is -2.39. The van der Waals surface area contributed by atoms with E-state index in [1.807, 2.05) is 25.8 Å². The number of rotatable bonds is 5. The molecule has 1 aromatic carbocycles. The summed E-state index contributed by atoms with van der Waals surface area (Å²) in [5.74, 6) is 0.698. The van der Waals surface area contributed by atoms with Gasteiger partial charge in [0.15, 0.2) is 5.96 Å². The number of hydrogen-bond acceptors (Lipinski definition) is 3. The van der Waals surface area contributed by atoms with Crippen LogP contribution in [0.2, 0.25) is 0 Å². The second-order valence-corrected chi connectivity index (χ2v) is 7.30. The second kappa shape index (κ2) is 8.53. The molecule has 0 aliphatic heterocycles. The van der Waals surface area contributed by atoms with Crippen molar-refractivity contribution in [3.63, 3.8) is 0 Å². The molecule has 0 bridgehead atoms. The zero-order valence-electron chi connectivity index (χ0n) is 15.3. The predicted octanol–water partition coefficient (Wildman–Crippen LogP) is 4.03. The fourth-order valence-corrected chi connectivity index (χ4v) is 3.56. The molecule has 0 atom stereocenters. The first-order valence-corrected chi connectivity index (χ1v) is 9.03. The summed E-state index contributed by atoms with van der Waals surface area (Å²) in [6.45, 7) is 5.18. The van der Waals surface area contributed by atoms with Crippen molar-refractivity contribution in [3.8, 4) is 0 Å². The Morgan fingerprint density at radius 1 is 1.23 bits per heavy atom. The first-order chi connectivity index (χ1) is 12.2. The number of nitrogens with zero attached hydrogens (tertiary/aromatic N) is 3. The van der Waals surface area contributed by atoms with Crippen LogP contribution in [0.3, 0.4) is 0 Å². The van der Waals surface area contributed by atoms with E-state index in [-0.39, 0.29) is 0 Å². The number of guanidine groups is 1. The molecule has 0 amide bonds. The van der Waals surface area contributed by atoms with Crippen LogP contribution in [0.1, 0.15) is 26.7 Å². The quantitative estimate of drug-likeness (QED) is 0.625. The van der Waals surface area contributed by atoms with Crippen molar-refractivity contribution in [2.45, 2.75) is 33.0 Å². The number of aromatic nitrogens is 1. The average molecular weight is 384 g/mol. The number of aliphatic imine (C=N–C) groups is 1. The highest BCUT2D eigenvalue weighted by molar-refractivity contribution is 7.11.